The number of benzene rings is 1. The lowest BCUT2D eigenvalue weighted by molar-refractivity contribution is -0.136. The number of anilines is 1. The lowest BCUT2D eigenvalue weighted by atomic mass is 10.2. The predicted octanol–water partition coefficient (Wildman–Crippen LogP) is 3.12. The summed E-state index contributed by atoms with van der Waals surface area (Å²) in [5.74, 6) is -2.45. The van der Waals surface area contributed by atoms with Gasteiger partial charge < -0.3 is 5.11 Å². The molecule has 0 bridgehead atoms. The first-order chi connectivity index (χ1) is 9.88. The van der Waals surface area contributed by atoms with Crippen molar-refractivity contribution in [3.05, 3.63) is 45.2 Å². The van der Waals surface area contributed by atoms with Gasteiger partial charge in [-0.3, -0.25) is 14.9 Å². The predicted molar refractivity (Wildman–Crippen MR) is 77.6 cm³/mol. The molecule has 0 aliphatic heterocycles. The summed E-state index contributed by atoms with van der Waals surface area (Å²) in [6.45, 7) is 1.64. The van der Waals surface area contributed by atoms with Crippen LogP contribution in [0.4, 0.5) is 9.52 Å². The van der Waals surface area contributed by atoms with Crippen LogP contribution in [-0.4, -0.2) is 22.0 Å². The van der Waals surface area contributed by atoms with Crippen molar-refractivity contribution in [3.63, 3.8) is 0 Å². The summed E-state index contributed by atoms with van der Waals surface area (Å²) in [5.41, 5.74) is 0.240. The molecule has 0 aliphatic carbocycles. The Bertz CT molecular complexity index is 697. The maximum atomic E-state index is 13.6. The fourth-order valence-corrected chi connectivity index (χ4v) is 2.85. The molecular weight excluding hydrogens is 319 g/mol. The van der Waals surface area contributed by atoms with Crippen LogP contribution in [0.3, 0.4) is 0 Å². The van der Waals surface area contributed by atoms with Crippen molar-refractivity contribution in [1.82, 2.24) is 4.98 Å². The van der Waals surface area contributed by atoms with E-state index in [1.807, 2.05) is 0 Å². The summed E-state index contributed by atoms with van der Waals surface area (Å²) < 4.78 is 13.6. The van der Waals surface area contributed by atoms with Gasteiger partial charge in [-0.1, -0.05) is 17.7 Å². The van der Waals surface area contributed by atoms with E-state index in [0.29, 0.717) is 10.6 Å². The van der Waals surface area contributed by atoms with Gasteiger partial charge in [0, 0.05) is 4.88 Å². The number of aliphatic carboxylic acids is 1. The van der Waals surface area contributed by atoms with Crippen LogP contribution in [0.15, 0.2) is 18.2 Å². The summed E-state index contributed by atoms with van der Waals surface area (Å²) in [6, 6.07) is 3.93. The summed E-state index contributed by atoms with van der Waals surface area (Å²) in [6.07, 6.45) is -0.181. The fourth-order valence-electron chi connectivity index (χ4n) is 1.66. The van der Waals surface area contributed by atoms with Gasteiger partial charge in [-0.15, -0.1) is 11.3 Å². The third kappa shape index (κ3) is 3.56. The molecule has 0 aliphatic rings. The molecule has 0 unspecified atom stereocenters. The monoisotopic (exact) mass is 328 g/mol. The molecule has 2 N–H and O–H groups in total. The van der Waals surface area contributed by atoms with E-state index in [4.69, 9.17) is 16.7 Å². The normalized spacial score (nSPS) is 10.4. The largest absolute Gasteiger partial charge is 0.481 e. The number of carboxylic acid groups (broad SMARTS) is 1. The van der Waals surface area contributed by atoms with E-state index in [9.17, 15) is 14.0 Å². The first kappa shape index (κ1) is 15.4. The summed E-state index contributed by atoms with van der Waals surface area (Å²) in [7, 11) is 0. The van der Waals surface area contributed by atoms with Crippen LogP contribution in [0.1, 0.15) is 20.9 Å². The van der Waals surface area contributed by atoms with Gasteiger partial charge in [-0.25, -0.2) is 9.37 Å². The number of thiazole rings is 1. The van der Waals surface area contributed by atoms with Gasteiger partial charge in [-0.2, -0.15) is 0 Å². The topological polar surface area (TPSA) is 79.3 Å². The molecule has 1 aromatic carbocycles. The van der Waals surface area contributed by atoms with Crippen molar-refractivity contribution >= 4 is 39.9 Å². The molecule has 0 radical (unpaired) electrons. The molecule has 1 aromatic heterocycles. The summed E-state index contributed by atoms with van der Waals surface area (Å²) >= 11 is 6.83. The Balaban J connectivity index is 2.22. The first-order valence-electron chi connectivity index (χ1n) is 5.82. The van der Waals surface area contributed by atoms with Crippen LogP contribution in [0, 0.1) is 12.7 Å². The molecule has 2 rings (SSSR count). The Morgan fingerprint density at radius 3 is 2.81 bits per heavy atom. The average molecular weight is 329 g/mol. The van der Waals surface area contributed by atoms with Crippen LogP contribution in [0.5, 0.6) is 0 Å². The van der Waals surface area contributed by atoms with Crippen LogP contribution in [0.2, 0.25) is 5.02 Å². The summed E-state index contributed by atoms with van der Waals surface area (Å²) in [4.78, 5) is 27.3. The molecule has 0 saturated heterocycles. The molecule has 110 valence electrons. The highest BCUT2D eigenvalue weighted by Crippen LogP contribution is 2.25. The second-order valence-electron chi connectivity index (χ2n) is 4.15. The quantitative estimate of drug-likeness (QED) is 0.903. The number of aromatic nitrogens is 1. The third-order valence-corrected chi connectivity index (χ3v) is 4.00. The second-order valence-corrected chi connectivity index (χ2v) is 5.64. The van der Waals surface area contributed by atoms with Crippen LogP contribution in [-0.2, 0) is 11.2 Å². The Labute approximate surface area is 128 Å². The minimum atomic E-state index is -0.989. The lowest BCUT2D eigenvalue weighted by Crippen LogP contribution is -2.14. The second kappa shape index (κ2) is 6.19. The van der Waals surface area contributed by atoms with Crippen molar-refractivity contribution < 1.29 is 19.1 Å². The highest BCUT2D eigenvalue weighted by molar-refractivity contribution is 7.16. The minimum Gasteiger partial charge on any atom is -0.481 e. The van der Waals surface area contributed by atoms with Gasteiger partial charge in [0.05, 0.1) is 22.7 Å². The zero-order valence-corrected chi connectivity index (χ0v) is 12.4. The van der Waals surface area contributed by atoms with Gasteiger partial charge in [0.1, 0.15) is 5.82 Å². The Hall–Kier alpha value is -1.99. The molecular formula is C13H10ClFN2O3S. The zero-order chi connectivity index (χ0) is 15.6. The number of rotatable bonds is 4. The van der Waals surface area contributed by atoms with Gasteiger partial charge in [0.2, 0.25) is 0 Å². The smallest absolute Gasteiger partial charge is 0.308 e. The third-order valence-electron chi connectivity index (χ3n) is 2.61. The highest BCUT2D eigenvalue weighted by atomic mass is 35.5. The number of nitrogens with one attached hydrogen (secondary N) is 1. The van der Waals surface area contributed by atoms with Crippen molar-refractivity contribution in [1.29, 1.82) is 0 Å². The fraction of sp³-hybridized carbons (Fsp3) is 0.154. The molecule has 0 saturated carbocycles. The standard InChI is InChI=1S/C13H10ClFN2O3S/c1-6-9(5-10(18)19)21-13(16-6)17-12(20)11-7(14)3-2-4-8(11)15/h2-4H,5H2,1H3,(H,18,19)(H,16,17,20). The molecule has 0 fully saturated rings. The van der Waals surface area contributed by atoms with Gasteiger partial charge >= 0.3 is 5.97 Å². The van der Waals surface area contributed by atoms with Crippen molar-refractivity contribution in [2.45, 2.75) is 13.3 Å². The summed E-state index contributed by atoms with van der Waals surface area (Å²) in [5, 5.41) is 11.4. The Kier molecular flexibility index (Phi) is 4.54. The number of carbonyl (C=O) groups excluding carboxylic acids is 1. The molecule has 5 nitrogen and oxygen atoms in total. The lowest BCUT2D eigenvalue weighted by Gasteiger charge is -2.04. The van der Waals surface area contributed by atoms with Crippen LogP contribution in [0.25, 0.3) is 0 Å². The number of amides is 1. The zero-order valence-electron chi connectivity index (χ0n) is 10.8. The molecule has 0 spiro atoms. The van der Waals surface area contributed by atoms with E-state index in [2.05, 4.69) is 10.3 Å². The number of halogens is 2. The number of carboxylic acids is 1. The molecule has 1 heterocycles. The SMILES string of the molecule is Cc1nc(NC(=O)c2c(F)cccc2Cl)sc1CC(=O)O. The molecule has 21 heavy (non-hydrogen) atoms. The molecule has 1 amide bonds. The van der Waals surface area contributed by atoms with E-state index >= 15 is 0 Å². The molecule has 2 aromatic rings. The van der Waals surface area contributed by atoms with Gasteiger partial charge in [0.25, 0.3) is 5.91 Å². The van der Waals surface area contributed by atoms with E-state index in [0.717, 1.165) is 17.4 Å². The van der Waals surface area contributed by atoms with Crippen LogP contribution >= 0.6 is 22.9 Å². The maximum Gasteiger partial charge on any atom is 0.308 e. The van der Waals surface area contributed by atoms with E-state index in [1.54, 1.807) is 6.92 Å². The highest BCUT2D eigenvalue weighted by Gasteiger charge is 2.18. The Morgan fingerprint density at radius 2 is 2.19 bits per heavy atom. The molecule has 8 heteroatoms. The number of hydrogen-bond donors (Lipinski definition) is 2. The van der Waals surface area contributed by atoms with Crippen molar-refractivity contribution in [2.24, 2.45) is 0 Å². The number of nitrogens with zero attached hydrogens (tertiary/aromatic N) is 1. The Morgan fingerprint density at radius 1 is 1.48 bits per heavy atom. The van der Waals surface area contributed by atoms with Crippen molar-refractivity contribution in [3.8, 4) is 0 Å². The van der Waals surface area contributed by atoms with E-state index in [-0.39, 0.29) is 22.1 Å². The van der Waals surface area contributed by atoms with E-state index in [1.165, 1.54) is 12.1 Å². The van der Waals surface area contributed by atoms with Gasteiger partial charge in [-0.05, 0) is 19.1 Å². The average Bonchev–Trinajstić information content (AvgIpc) is 2.68. The van der Waals surface area contributed by atoms with E-state index < -0.39 is 17.7 Å². The number of aryl methyl sites for hydroxylation is 1. The first-order valence-corrected chi connectivity index (χ1v) is 7.01. The molecule has 0 atom stereocenters. The van der Waals surface area contributed by atoms with Crippen LogP contribution < -0.4 is 5.32 Å². The van der Waals surface area contributed by atoms with Gasteiger partial charge in [0.15, 0.2) is 5.13 Å². The maximum absolute atomic E-state index is 13.6. The number of carbonyl (C=O) groups is 2. The number of hydrogen-bond acceptors (Lipinski definition) is 4. The van der Waals surface area contributed by atoms with Crippen molar-refractivity contribution in [2.75, 3.05) is 5.32 Å². The minimum absolute atomic E-state index is 0.00784.